The van der Waals surface area contributed by atoms with Crippen molar-refractivity contribution >= 4 is 17.1 Å². The highest BCUT2D eigenvalue weighted by Crippen LogP contribution is 2.24. The van der Waals surface area contributed by atoms with E-state index >= 15 is 0 Å². The number of rotatable bonds is 5. The molecule has 4 heteroatoms. The molecule has 0 atom stereocenters. The van der Waals surface area contributed by atoms with Crippen LogP contribution >= 0.6 is 11.3 Å². The molecule has 0 radical (unpaired) electrons. The number of hydrogen-bond donors (Lipinski definition) is 0. The molecule has 1 aliphatic heterocycles. The van der Waals surface area contributed by atoms with Crippen molar-refractivity contribution in [2.75, 3.05) is 13.1 Å². The summed E-state index contributed by atoms with van der Waals surface area (Å²) in [6.45, 7) is 7.25. The molecule has 1 aromatic heterocycles. The van der Waals surface area contributed by atoms with Gasteiger partial charge in [-0.1, -0.05) is 44.2 Å². The third kappa shape index (κ3) is 4.06. The Morgan fingerprint density at radius 2 is 1.96 bits per heavy atom. The van der Waals surface area contributed by atoms with E-state index in [-0.39, 0.29) is 5.92 Å². The second-order valence-electron chi connectivity index (χ2n) is 6.61. The second-order valence-corrected chi connectivity index (χ2v) is 7.50. The molecule has 3 nitrogen and oxygen atoms in total. The molecule has 3 rings (SSSR count). The Bertz CT molecular complexity index is 642. The average molecular weight is 328 g/mol. The van der Waals surface area contributed by atoms with Gasteiger partial charge in [-0.2, -0.15) is 0 Å². The normalized spacial score (nSPS) is 16.8. The van der Waals surface area contributed by atoms with Gasteiger partial charge in [0.2, 0.25) is 0 Å². The van der Waals surface area contributed by atoms with Crippen molar-refractivity contribution in [3.8, 4) is 0 Å². The molecular formula is C19H24N2OS. The number of benzene rings is 1. The zero-order valence-corrected chi connectivity index (χ0v) is 14.7. The summed E-state index contributed by atoms with van der Waals surface area (Å²) in [5.41, 5.74) is 2.03. The Morgan fingerprint density at radius 1 is 1.26 bits per heavy atom. The predicted molar refractivity (Wildman–Crippen MR) is 95.0 cm³/mol. The largest absolute Gasteiger partial charge is 0.297 e. The zero-order valence-electron chi connectivity index (χ0n) is 13.9. The maximum atomic E-state index is 12.5. The monoisotopic (exact) mass is 328 g/mol. The third-order valence-electron chi connectivity index (χ3n) is 4.47. The number of likely N-dealkylation sites (tertiary alicyclic amines) is 1. The minimum Gasteiger partial charge on any atom is -0.297 e. The maximum absolute atomic E-state index is 12.5. The molecule has 122 valence electrons. The summed E-state index contributed by atoms with van der Waals surface area (Å²) in [4.78, 5) is 19.7. The standard InChI is InChI=1S/C19H24N2OS/c1-14(2)19-20-17(13-23-19)12-21-10-8-16(9-11-21)18(22)15-6-4-3-5-7-15/h3-7,13-14,16H,8-12H2,1-2H3. The van der Waals surface area contributed by atoms with Crippen LogP contribution in [-0.4, -0.2) is 28.8 Å². The van der Waals surface area contributed by atoms with E-state index in [0.29, 0.717) is 11.7 Å². The molecule has 0 bridgehead atoms. The summed E-state index contributed by atoms with van der Waals surface area (Å²) in [6.07, 6.45) is 1.91. The fourth-order valence-corrected chi connectivity index (χ4v) is 3.91. The topological polar surface area (TPSA) is 33.2 Å². The van der Waals surface area contributed by atoms with Crippen LogP contribution in [0.5, 0.6) is 0 Å². The first-order valence-corrected chi connectivity index (χ1v) is 9.27. The van der Waals surface area contributed by atoms with Gasteiger partial charge in [-0.05, 0) is 25.9 Å². The molecule has 0 amide bonds. The Kier molecular flexibility index (Phi) is 5.23. The van der Waals surface area contributed by atoms with E-state index in [0.717, 1.165) is 38.0 Å². The highest BCUT2D eigenvalue weighted by atomic mass is 32.1. The number of carbonyl (C=O) groups is 1. The lowest BCUT2D eigenvalue weighted by molar-refractivity contribution is 0.0834. The van der Waals surface area contributed by atoms with Crippen molar-refractivity contribution in [1.29, 1.82) is 0 Å². The van der Waals surface area contributed by atoms with Crippen LogP contribution in [0.25, 0.3) is 0 Å². The lowest BCUT2D eigenvalue weighted by Crippen LogP contribution is -2.36. The number of carbonyl (C=O) groups excluding carboxylic acids is 1. The first-order valence-electron chi connectivity index (χ1n) is 8.39. The van der Waals surface area contributed by atoms with Gasteiger partial charge in [-0.3, -0.25) is 9.69 Å². The molecule has 23 heavy (non-hydrogen) atoms. The van der Waals surface area contributed by atoms with Crippen molar-refractivity contribution < 1.29 is 4.79 Å². The van der Waals surface area contributed by atoms with E-state index in [4.69, 9.17) is 4.98 Å². The van der Waals surface area contributed by atoms with E-state index in [9.17, 15) is 4.79 Å². The van der Waals surface area contributed by atoms with Gasteiger partial charge < -0.3 is 0 Å². The van der Waals surface area contributed by atoms with Crippen LogP contribution in [0, 0.1) is 5.92 Å². The number of thiazole rings is 1. The van der Waals surface area contributed by atoms with E-state index in [2.05, 4.69) is 24.1 Å². The van der Waals surface area contributed by atoms with Crippen molar-refractivity contribution in [2.45, 2.75) is 39.2 Å². The van der Waals surface area contributed by atoms with Gasteiger partial charge in [0.25, 0.3) is 0 Å². The van der Waals surface area contributed by atoms with Gasteiger partial charge in [0.15, 0.2) is 5.78 Å². The van der Waals surface area contributed by atoms with Crippen LogP contribution in [-0.2, 0) is 6.54 Å². The van der Waals surface area contributed by atoms with Crippen molar-refractivity contribution in [2.24, 2.45) is 5.92 Å². The van der Waals surface area contributed by atoms with Crippen LogP contribution in [0.15, 0.2) is 35.7 Å². The third-order valence-corrected chi connectivity index (χ3v) is 5.66. The second kappa shape index (κ2) is 7.37. The molecule has 0 unspecified atom stereocenters. The van der Waals surface area contributed by atoms with Crippen LogP contribution in [0.4, 0.5) is 0 Å². The Labute approximate surface area is 142 Å². The molecule has 0 spiro atoms. The quantitative estimate of drug-likeness (QED) is 0.765. The fourth-order valence-electron chi connectivity index (χ4n) is 3.08. The van der Waals surface area contributed by atoms with E-state index in [1.807, 2.05) is 30.3 Å². The van der Waals surface area contributed by atoms with Gasteiger partial charge in [-0.25, -0.2) is 4.98 Å². The van der Waals surface area contributed by atoms with Crippen molar-refractivity contribution in [3.05, 3.63) is 52.0 Å². The van der Waals surface area contributed by atoms with Crippen LogP contribution in [0.1, 0.15) is 53.7 Å². The van der Waals surface area contributed by atoms with E-state index in [1.165, 1.54) is 10.7 Å². The van der Waals surface area contributed by atoms with Crippen LogP contribution in [0.3, 0.4) is 0 Å². The zero-order chi connectivity index (χ0) is 16.2. The number of ketones is 1. The molecule has 0 saturated carbocycles. The minimum absolute atomic E-state index is 0.176. The molecule has 1 saturated heterocycles. The highest BCUT2D eigenvalue weighted by Gasteiger charge is 2.26. The van der Waals surface area contributed by atoms with Crippen LogP contribution in [0.2, 0.25) is 0 Å². The SMILES string of the molecule is CC(C)c1nc(CN2CCC(C(=O)c3ccccc3)CC2)cs1. The summed E-state index contributed by atoms with van der Waals surface area (Å²) in [5.74, 6) is 0.985. The van der Waals surface area contributed by atoms with E-state index in [1.54, 1.807) is 11.3 Å². The fraction of sp³-hybridized carbons (Fsp3) is 0.474. The molecule has 2 aromatic rings. The van der Waals surface area contributed by atoms with Crippen molar-refractivity contribution in [3.63, 3.8) is 0 Å². The Hall–Kier alpha value is -1.52. The van der Waals surface area contributed by atoms with Crippen LogP contribution < -0.4 is 0 Å². The predicted octanol–water partition coefficient (Wildman–Crippen LogP) is 4.36. The average Bonchev–Trinajstić information content (AvgIpc) is 3.04. The highest BCUT2D eigenvalue weighted by molar-refractivity contribution is 7.09. The first-order chi connectivity index (χ1) is 11.1. The number of piperidine rings is 1. The number of nitrogens with zero attached hydrogens (tertiary/aromatic N) is 2. The molecular weight excluding hydrogens is 304 g/mol. The molecule has 1 fully saturated rings. The molecule has 2 heterocycles. The number of aromatic nitrogens is 1. The lowest BCUT2D eigenvalue weighted by atomic mass is 9.89. The molecule has 1 aromatic carbocycles. The summed E-state index contributed by atoms with van der Waals surface area (Å²) >= 11 is 1.76. The minimum atomic E-state index is 0.176. The van der Waals surface area contributed by atoms with Gasteiger partial charge in [0.05, 0.1) is 10.7 Å². The van der Waals surface area contributed by atoms with E-state index < -0.39 is 0 Å². The summed E-state index contributed by atoms with van der Waals surface area (Å²) < 4.78 is 0. The maximum Gasteiger partial charge on any atom is 0.166 e. The summed E-state index contributed by atoms with van der Waals surface area (Å²) in [6, 6.07) is 9.70. The van der Waals surface area contributed by atoms with Gasteiger partial charge in [0, 0.05) is 29.3 Å². The van der Waals surface area contributed by atoms with Crippen molar-refractivity contribution in [1.82, 2.24) is 9.88 Å². The lowest BCUT2D eigenvalue weighted by Gasteiger charge is -2.30. The van der Waals surface area contributed by atoms with Gasteiger partial charge in [-0.15, -0.1) is 11.3 Å². The molecule has 0 N–H and O–H groups in total. The Morgan fingerprint density at radius 3 is 2.57 bits per heavy atom. The molecule has 0 aliphatic carbocycles. The first kappa shape index (κ1) is 16.3. The number of hydrogen-bond acceptors (Lipinski definition) is 4. The summed E-state index contributed by atoms with van der Waals surface area (Å²) in [7, 11) is 0. The van der Waals surface area contributed by atoms with Gasteiger partial charge >= 0.3 is 0 Å². The van der Waals surface area contributed by atoms with Gasteiger partial charge in [0.1, 0.15) is 0 Å². The molecule has 1 aliphatic rings. The number of Topliss-reactive ketones (excluding diaryl/α,β-unsaturated/α-hetero) is 1. The smallest absolute Gasteiger partial charge is 0.166 e. The Balaban J connectivity index is 1.53. The summed E-state index contributed by atoms with van der Waals surface area (Å²) in [5, 5.41) is 3.39.